The van der Waals surface area contributed by atoms with Crippen molar-refractivity contribution in [1.29, 1.82) is 0 Å². The molecule has 0 saturated heterocycles. The minimum absolute atomic E-state index is 0.0769. The predicted octanol–water partition coefficient (Wildman–Crippen LogP) is 2.46. The van der Waals surface area contributed by atoms with Crippen LogP contribution in [0, 0.1) is 23.7 Å². The van der Waals surface area contributed by atoms with Gasteiger partial charge in [-0.05, 0) is 12.3 Å². The maximum atomic E-state index is 11.6. The number of aliphatic hydroxyl groups excluding tert-OH is 1. The predicted molar refractivity (Wildman–Crippen MR) is 58.8 cm³/mol. The smallest absolute Gasteiger partial charge is 0.164 e. The van der Waals surface area contributed by atoms with Gasteiger partial charge in [0.15, 0.2) is 5.78 Å². The van der Waals surface area contributed by atoms with Crippen LogP contribution in [-0.4, -0.2) is 17.0 Å². The Morgan fingerprint density at radius 3 is 1.93 bits per heavy atom. The summed E-state index contributed by atoms with van der Waals surface area (Å²) in [6.45, 7) is 11.5. The van der Waals surface area contributed by atoms with Crippen molar-refractivity contribution in [3.63, 3.8) is 0 Å². The van der Waals surface area contributed by atoms with Crippen molar-refractivity contribution in [2.75, 3.05) is 0 Å². The van der Waals surface area contributed by atoms with Crippen LogP contribution in [0.5, 0.6) is 0 Å². The van der Waals surface area contributed by atoms with E-state index in [1.165, 1.54) is 0 Å². The fourth-order valence-electron chi connectivity index (χ4n) is 1.63. The molecule has 1 unspecified atom stereocenters. The topological polar surface area (TPSA) is 37.3 Å². The van der Waals surface area contributed by atoms with E-state index in [0.29, 0.717) is 5.92 Å². The molecule has 2 heteroatoms. The number of carbonyl (C=O) groups is 1. The van der Waals surface area contributed by atoms with E-state index in [2.05, 4.69) is 0 Å². The van der Waals surface area contributed by atoms with Crippen molar-refractivity contribution in [3.8, 4) is 0 Å². The normalized spacial score (nSPS) is 14.9. The lowest BCUT2D eigenvalue weighted by Gasteiger charge is -2.31. The van der Waals surface area contributed by atoms with Crippen LogP contribution >= 0.6 is 0 Å². The van der Waals surface area contributed by atoms with Gasteiger partial charge < -0.3 is 5.11 Å². The second-order valence-electron chi connectivity index (χ2n) is 5.19. The van der Waals surface area contributed by atoms with E-state index in [4.69, 9.17) is 0 Å². The fourth-order valence-corrected chi connectivity index (χ4v) is 1.63. The van der Waals surface area contributed by atoms with Crippen LogP contribution in [0.2, 0.25) is 0 Å². The zero-order chi connectivity index (χ0) is 11.5. The van der Waals surface area contributed by atoms with Gasteiger partial charge >= 0.3 is 0 Å². The van der Waals surface area contributed by atoms with Crippen molar-refractivity contribution < 1.29 is 9.90 Å². The minimum Gasteiger partial charge on any atom is -0.385 e. The summed E-state index contributed by atoms with van der Waals surface area (Å²) < 4.78 is 0. The molecular formula is C12H23O2. The molecule has 0 spiro atoms. The molecule has 0 aliphatic heterocycles. The molecule has 83 valence electrons. The first kappa shape index (κ1) is 13.6. The average molecular weight is 199 g/mol. The van der Waals surface area contributed by atoms with Crippen molar-refractivity contribution >= 4 is 5.78 Å². The number of hydrogen-bond acceptors (Lipinski definition) is 2. The van der Waals surface area contributed by atoms with Crippen LogP contribution in [0.15, 0.2) is 0 Å². The number of rotatable bonds is 5. The van der Waals surface area contributed by atoms with Gasteiger partial charge in [-0.1, -0.05) is 41.5 Å². The molecule has 0 fully saturated rings. The van der Waals surface area contributed by atoms with Gasteiger partial charge in [-0.3, -0.25) is 4.79 Å². The molecule has 1 atom stereocenters. The molecule has 0 amide bonds. The van der Waals surface area contributed by atoms with Gasteiger partial charge in [-0.2, -0.15) is 0 Å². The Labute approximate surface area is 87.7 Å². The third-order valence-corrected chi connectivity index (χ3v) is 2.31. The van der Waals surface area contributed by atoms with Crippen LogP contribution in [0.3, 0.4) is 0 Å². The summed E-state index contributed by atoms with van der Waals surface area (Å²) in [4.78, 5) is 11.6. The number of aliphatic hydroxyl groups is 1. The summed E-state index contributed by atoms with van der Waals surface area (Å²) in [6.07, 6.45) is 1.14. The first-order valence-electron chi connectivity index (χ1n) is 5.26. The second-order valence-corrected chi connectivity index (χ2v) is 5.19. The third kappa shape index (κ3) is 3.79. The second kappa shape index (κ2) is 4.92. The highest BCUT2D eigenvalue weighted by Crippen LogP contribution is 2.29. The molecule has 0 saturated carbocycles. The Morgan fingerprint density at radius 2 is 1.64 bits per heavy atom. The molecule has 1 radical (unpaired) electrons. The van der Waals surface area contributed by atoms with Gasteiger partial charge in [-0.15, -0.1) is 0 Å². The number of hydrogen-bond donors (Lipinski definition) is 1. The maximum absolute atomic E-state index is 11.6. The van der Waals surface area contributed by atoms with Gasteiger partial charge in [0.25, 0.3) is 0 Å². The Kier molecular flexibility index (Phi) is 4.79. The van der Waals surface area contributed by atoms with Gasteiger partial charge in [0, 0.05) is 11.3 Å². The molecule has 0 heterocycles. The monoisotopic (exact) mass is 199 g/mol. The van der Waals surface area contributed by atoms with E-state index in [9.17, 15) is 9.90 Å². The number of Topliss-reactive ketones (excluding diaryl/α,β-unsaturated/α-hetero) is 1. The molecule has 1 N–H and O–H groups in total. The lowest BCUT2D eigenvalue weighted by molar-refractivity contribution is -0.135. The summed E-state index contributed by atoms with van der Waals surface area (Å²) in [5, 5.41) is 9.88. The summed E-state index contributed by atoms with van der Waals surface area (Å²) in [5.74, 6) is 0.191. The first-order valence-corrected chi connectivity index (χ1v) is 5.26. The van der Waals surface area contributed by atoms with Gasteiger partial charge in [0.05, 0.1) is 0 Å². The molecule has 0 bridgehead atoms. The lowest BCUT2D eigenvalue weighted by Crippen LogP contribution is -2.40. The average Bonchev–Trinajstić information content (AvgIpc) is 1.99. The van der Waals surface area contributed by atoms with Crippen LogP contribution in [0.1, 0.15) is 41.5 Å². The van der Waals surface area contributed by atoms with Gasteiger partial charge in [0.2, 0.25) is 0 Å². The highest BCUT2D eigenvalue weighted by atomic mass is 16.3. The molecule has 0 aliphatic carbocycles. The number of carbonyl (C=O) groups excluding carboxylic acids is 1. The Morgan fingerprint density at radius 1 is 1.21 bits per heavy atom. The van der Waals surface area contributed by atoms with E-state index in [1.54, 1.807) is 0 Å². The summed E-state index contributed by atoms with van der Waals surface area (Å²) in [5.41, 5.74) is -0.435. The van der Waals surface area contributed by atoms with E-state index >= 15 is 0 Å². The fraction of sp³-hybridized carbons (Fsp3) is 0.833. The minimum atomic E-state index is -0.884. The Hall–Kier alpha value is -0.370. The van der Waals surface area contributed by atoms with Crippen molar-refractivity contribution in [3.05, 3.63) is 6.42 Å². The molecular weight excluding hydrogens is 176 g/mol. The summed E-state index contributed by atoms with van der Waals surface area (Å²) >= 11 is 0. The van der Waals surface area contributed by atoms with Crippen molar-refractivity contribution in [2.45, 2.75) is 47.6 Å². The molecule has 0 aromatic rings. The highest BCUT2D eigenvalue weighted by Gasteiger charge is 2.34. The van der Waals surface area contributed by atoms with E-state index in [0.717, 1.165) is 0 Å². The Bertz CT molecular complexity index is 192. The van der Waals surface area contributed by atoms with E-state index < -0.39 is 11.5 Å². The summed E-state index contributed by atoms with van der Waals surface area (Å²) in [7, 11) is 0. The lowest BCUT2D eigenvalue weighted by atomic mass is 9.76. The zero-order valence-corrected chi connectivity index (χ0v) is 10.2. The maximum Gasteiger partial charge on any atom is 0.164 e. The molecule has 2 nitrogen and oxygen atoms in total. The van der Waals surface area contributed by atoms with Crippen molar-refractivity contribution in [1.82, 2.24) is 0 Å². The molecule has 0 aromatic carbocycles. The van der Waals surface area contributed by atoms with Crippen LogP contribution in [0.25, 0.3) is 0 Å². The van der Waals surface area contributed by atoms with Crippen molar-refractivity contribution in [2.24, 2.45) is 17.3 Å². The van der Waals surface area contributed by atoms with Crippen LogP contribution < -0.4 is 0 Å². The van der Waals surface area contributed by atoms with E-state index in [-0.39, 0.29) is 11.7 Å². The van der Waals surface area contributed by atoms with Gasteiger partial charge in [0.1, 0.15) is 6.10 Å². The first-order chi connectivity index (χ1) is 6.18. The third-order valence-electron chi connectivity index (χ3n) is 2.31. The SMILES string of the molecule is CC(C)[CH]C(C)(C)C(O)C(=O)C(C)C. The summed E-state index contributed by atoms with van der Waals surface area (Å²) in [6, 6.07) is 0. The van der Waals surface area contributed by atoms with E-state index in [1.807, 2.05) is 48.0 Å². The zero-order valence-electron chi connectivity index (χ0n) is 10.2. The standard InChI is InChI=1S/C12H23O2/c1-8(2)7-12(5,6)11(14)10(13)9(3)4/h7-9,11,14H,1-6H3. The Balaban J connectivity index is 4.49. The molecule has 14 heavy (non-hydrogen) atoms. The molecule has 0 aromatic heterocycles. The molecule has 0 rings (SSSR count). The molecule has 0 aliphatic rings. The number of ketones is 1. The highest BCUT2D eigenvalue weighted by molar-refractivity contribution is 5.85. The van der Waals surface area contributed by atoms with Gasteiger partial charge in [-0.25, -0.2) is 0 Å². The van der Waals surface area contributed by atoms with Crippen LogP contribution in [0.4, 0.5) is 0 Å². The quantitative estimate of drug-likeness (QED) is 0.738. The largest absolute Gasteiger partial charge is 0.385 e. The van der Waals surface area contributed by atoms with Crippen LogP contribution in [-0.2, 0) is 4.79 Å².